The molecule has 0 aliphatic carbocycles. The third-order valence-electron chi connectivity index (χ3n) is 14.9. The van der Waals surface area contributed by atoms with Crippen LogP contribution in [0.2, 0.25) is 0 Å². The molecule has 2 spiro atoms. The molecule has 0 saturated carbocycles. The van der Waals surface area contributed by atoms with Crippen molar-refractivity contribution in [3.63, 3.8) is 0 Å². The van der Waals surface area contributed by atoms with Crippen LogP contribution in [0.4, 0.5) is 0 Å². The molecule has 1 unspecified atom stereocenters. The predicted octanol–water partition coefficient (Wildman–Crippen LogP) is 5.83. The summed E-state index contributed by atoms with van der Waals surface area (Å²) < 4.78 is 34.5. The summed E-state index contributed by atoms with van der Waals surface area (Å²) in [5, 5.41) is 26.3. The van der Waals surface area contributed by atoms with E-state index in [1.54, 1.807) is 6.20 Å². The van der Waals surface area contributed by atoms with Gasteiger partial charge >= 0.3 is 0 Å². The molecule has 5 aliphatic heterocycles. The molecule has 1 amide bonds. The van der Waals surface area contributed by atoms with E-state index in [2.05, 4.69) is 51.1 Å². The number of ketones is 1. The summed E-state index contributed by atoms with van der Waals surface area (Å²) in [4.78, 5) is 27.1. The van der Waals surface area contributed by atoms with Crippen molar-refractivity contribution in [2.24, 2.45) is 47.3 Å². The average Bonchev–Trinajstić information content (AvgIpc) is 3.52. The van der Waals surface area contributed by atoms with Crippen LogP contribution in [0.5, 0.6) is 0 Å². The first-order valence-electron chi connectivity index (χ1n) is 21.8. The van der Waals surface area contributed by atoms with Gasteiger partial charge in [-0.3, -0.25) is 15.0 Å². The van der Waals surface area contributed by atoms with Crippen LogP contribution < -0.4 is 16.6 Å². The average molecular weight is 790 g/mol. The fourth-order valence-corrected chi connectivity index (χ4v) is 10.9. The summed E-state index contributed by atoms with van der Waals surface area (Å²) in [5.74, 6) is 1.22. The van der Waals surface area contributed by atoms with Gasteiger partial charge in [0.1, 0.15) is 5.78 Å². The topological polar surface area (TPSA) is 171 Å². The lowest BCUT2D eigenvalue weighted by atomic mass is 9.72. The van der Waals surface area contributed by atoms with E-state index < -0.39 is 46.8 Å². The minimum atomic E-state index is -1.15. The molecule has 320 valence electrons. The number of hydrogen-bond acceptors (Lipinski definition) is 11. The number of aliphatic hydroxyl groups is 2. The van der Waals surface area contributed by atoms with E-state index in [0.29, 0.717) is 44.9 Å². The lowest BCUT2D eigenvalue weighted by Crippen LogP contribution is -2.65. The molecule has 12 nitrogen and oxygen atoms in total. The molecule has 4 saturated heterocycles. The normalized spacial score (nSPS) is 44.1. The Morgan fingerprint density at radius 3 is 2.27 bits per heavy atom. The number of carbonyl (C=O) groups excluding carboxylic acids is 2. The lowest BCUT2D eigenvalue weighted by molar-refractivity contribution is -0.398. The Balaban J connectivity index is 1.34. The first kappa shape index (κ1) is 45.2. The Hall–Kier alpha value is -1.90. The standard InChI is InChI=1S/C44H75N3O9/c1-12-31(40(50)47-45)33-17-16-25(5)38(53-33)29(9)36(48)28(8)37(49)32(13-2)39-26(6)24-27(7)43(54-39)21-18-34(46-15-4)44(56-43)23-22-41(11,55-44)35-19-20-42(51,14-3)30(10)52-35/h15,18,21,25-36,38-39,46,48,51H,4,12-14,16-17,19-20,22-24,45H2,1-3,5-11H3,(H,47,50)/t25-,26-,27+,28-,29-,30-,31+,32-,33+,34+,35+,36+,38+,39-,41-,42+,43?,44-/m0/s1. The van der Waals surface area contributed by atoms with Crippen LogP contribution in [0.15, 0.2) is 24.9 Å². The Morgan fingerprint density at radius 2 is 1.66 bits per heavy atom. The van der Waals surface area contributed by atoms with Crippen LogP contribution >= 0.6 is 0 Å². The number of Topliss-reactive ketones (excluding diaryl/α,β-unsaturated/α-hetero) is 1. The maximum atomic E-state index is 14.6. The second-order valence-corrected chi connectivity index (χ2v) is 18.5. The molecule has 5 aliphatic rings. The molecule has 56 heavy (non-hydrogen) atoms. The smallest absolute Gasteiger partial charge is 0.239 e. The number of nitrogens with one attached hydrogen (secondary N) is 2. The summed E-state index contributed by atoms with van der Waals surface area (Å²) in [6.45, 7) is 24.1. The van der Waals surface area contributed by atoms with E-state index in [1.807, 2.05) is 47.6 Å². The zero-order valence-electron chi connectivity index (χ0n) is 35.9. The maximum absolute atomic E-state index is 14.6. The van der Waals surface area contributed by atoms with Crippen molar-refractivity contribution in [3.05, 3.63) is 24.9 Å². The highest BCUT2D eigenvalue weighted by Gasteiger charge is 2.63. The van der Waals surface area contributed by atoms with Crippen molar-refractivity contribution in [1.82, 2.24) is 10.7 Å². The van der Waals surface area contributed by atoms with Crippen LogP contribution in [0.1, 0.15) is 133 Å². The number of hydrazine groups is 1. The van der Waals surface area contributed by atoms with E-state index >= 15 is 0 Å². The van der Waals surface area contributed by atoms with Gasteiger partial charge in [-0.05, 0) is 95.7 Å². The van der Waals surface area contributed by atoms with Gasteiger partial charge in [-0.2, -0.15) is 0 Å². The van der Waals surface area contributed by atoms with Gasteiger partial charge in [0.15, 0.2) is 11.6 Å². The monoisotopic (exact) mass is 790 g/mol. The van der Waals surface area contributed by atoms with Crippen molar-refractivity contribution >= 4 is 11.7 Å². The zero-order valence-corrected chi connectivity index (χ0v) is 35.9. The highest BCUT2D eigenvalue weighted by atomic mass is 16.8. The summed E-state index contributed by atoms with van der Waals surface area (Å²) in [7, 11) is 0. The highest BCUT2D eigenvalue weighted by Crippen LogP contribution is 2.54. The molecular formula is C44H75N3O9. The van der Waals surface area contributed by atoms with Crippen LogP contribution in [-0.4, -0.2) is 87.3 Å². The maximum Gasteiger partial charge on any atom is 0.239 e. The Labute approximate surface area is 336 Å². The van der Waals surface area contributed by atoms with Crippen LogP contribution in [0, 0.1) is 41.4 Å². The number of ether oxygens (including phenoxy) is 5. The van der Waals surface area contributed by atoms with Gasteiger partial charge in [0.05, 0.1) is 59.8 Å². The molecule has 0 radical (unpaired) electrons. The van der Waals surface area contributed by atoms with Gasteiger partial charge in [0.2, 0.25) is 5.91 Å². The number of rotatable bonds is 14. The number of amides is 1. The van der Waals surface area contributed by atoms with Gasteiger partial charge in [-0.1, -0.05) is 68.0 Å². The first-order valence-corrected chi connectivity index (χ1v) is 21.8. The van der Waals surface area contributed by atoms with Crippen LogP contribution in [0.3, 0.4) is 0 Å². The first-order chi connectivity index (χ1) is 26.4. The van der Waals surface area contributed by atoms with E-state index in [4.69, 9.17) is 29.5 Å². The third kappa shape index (κ3) is 8.42. The summed E-state index contributed by atoms with van der Waals surface area (Å²) in [6, 6.07) is -0.337. The van der Waals surface area contributed by atoms with Gasteiger partial charge in [0.25, 0.3) is 0 Å². The Morgan fingerprint density at radius 1 is 0.964 bits per heavy atom. The number of carbonyl (C=O) groups is 2. The summed E-state index contributed by atoms with van der Waals surface area (Å²) in [5.41, 5.74) is 0.761. The number of hydrogen-bond donors (Lipinski definition) is 5. The largest absolute Gasteiger partial charge is 0.392 e. The van der Waals surface area contributed by atoms with E-state index in [-0.39, 0.29) is 71.7 Å². The predicted molar refractivity (Wildman–Crippen MR) is 214 cm³/mol. The molecule has 12 heteroatoms. The summed E-state index contributed by atoms with van der Waals surface area (Å²) >= 11 is 0. The van der Waals surface area contributed by atoms with Crippen LogP contribution in [-0.2, 0) is 33.3 Å². The molecule has 0 aromatic carbocycles. The van der Waals surface area contributed by atoms with Gasteiger partial charge in [-0.15, -0.1) is 0 Å². The lowest BCUT2D eigenvalue weighted by Gasteiger charge is -2.55. The van der Waals surface area contributed by atoms with Gasteiger partial charge in [0, 0.05) is 30.1 Å². The third-order valence-corrected chi connectivity index (χ3v) is 14.9. The molecule has 18 atom stereocenters. The minimum Gasteiger partial charge on any atom is -0.392 e. The van der Waals surface area contributed by atoms with Crippen molar-refractivity contribution < 1.29 is 43.5 Å². The van der Waals surface area contributed by atoms with Gasteiger partial charge in [-0.25, -0.2) is 5.84 Å². The molecule has 0 bridgehead atoms. The van der Waals surface area contributed by atoms with Crippen LogP contribution in [0.25, 0.3) is 0 Å². The molecule has 5 rings (SSSR count). The summed E-state index contributed by atoms with van der Waals surface area (Å²) in [6.07, 6.45) is 9.82. The van der Waals surface area contributed by atoms with Gasteiger partial charge < -0.3 is 39.2 Å². The minimum absolute atomic E-state index is 0.0386. The fourth-order valence-electron chi connectivity index (χ4n) is 10.9. The molecule has 0 aromatic rings. The second kappa shape index (κ2) is 17.8. The van der Waals surface area contributed by atoms with E-state index in [1.165, 1.54) is 0 Å². The van der Waals surface area contributed by atoms with Crippen molar-refractivity contribution in [2.45, 2.75) is 199 Å². The molecule has 4 fully saturated rings. The van der Waals surface area contributed by atoms with Crippen molar-refractivity contribution in [1.29, 1.82) is 0 Å². The Bertz CT molecular complexity index is 1420. The Kier molecular flexibility index (Phi) is 14.3. The second-order valence-electron chi connectivity index (χ2n) is 18.5. The molecular weight excluding hydrogens is 714 g/mol. The van der Waals surface area contributed by atoms with E-state index in [0.717, 1.165) is 19.3 Å². The SMILES string of the molecule is C=CN[C@@H]1C=CC2(O[C@H]([C@@H](CC)C(=O)[C@@H](C)[C@@H](O)[C@H](C)[C@@H]3O[C@@H]([C@@H](CC)C(=O)NN)CC[C@@H]3C)[C@@H](C)C[C@H]2C)O[C@@]12CC[C@@](C)([C@H]1CC[C@](O)(CC)[C@H](C)O1)O2. The molecule has 5 heterocycles. The van der Waals surface area contributed by atoms with Crippen molar-refractivity contribution in [3.8, 4) is 0 Å². The fraction of sp³-hybridized carbons (Fsp3) is 0.864. The number of aliphatic hydroxyl groups excluding tert-OH is 1. The molecule has 6 N–H and O–H groups in total. The van der Waals surface area contributed by atoms with E-state index in [9.17, 15) is 19.8 Å². The van der Waals surface area contributed by atoms with Crippen molar-refractivity contribution in [2.75, 3.05) is 0 Å². The number of nitrogens with two attached hydrogens (primary N) is 1. The molecule has 0 aromatic heterocycles. The quantitative estimate of drug-likeness (QED) is 0.0621. The highest BCUT2D eigenvalue weighted by molar-refractivity contribution is 5.84. The zero-order chi connectivity index (χ0) is 41.4.